The monoisotopic (exact) mass is 338 g/mol. The van der Waals surface area contributed by atoms with Gasteiger partial charge in [-0.15, -0.1) is 0 Å². The van der Waals surface area contributed by atoms with E-state index in [2.05, 4.69) is 10.6 Å². The van der Waals surface area contributed by atoms with Crippen LogP contribution >= 0.6 is 0 Å². The number of para-hydroxylation sites is 2. The molecule has 128 valence electrons. The lowest BCUT2D eigenvalue weighted by Crippen LogP contribution is -2.32. The molecule has 0 aromatic heterocycles. The lowest BCUT2D eigenvalue weighted by Gasteiger charge is -2.17. The SMILES string of the molecule is COc1ccccc1NC(C)C(=O)Nc1ccc(C(F)(F)F)cc1. The Hall–Kier alpha value is -2.70. The molecule has 2 N–H and O–H groups in total. The standard InChI is InChI=1S/C17H17F3N2O2/c1-11(21-14-5-3-4-6-15(14)24-2)16(23)22-13-9-7-12(8-10-13)17(18,19)20/h3-11,21H,1-2H3,(H,22,23). The molecular formula is C17H17F3N2O2. The maximum atomic E-state index is 12.5. The van der Waals surface area contributed by atoms with Crippen LogP contribution in [-0.4, -0.2) is 19.1 Å². The molecule has 0 aliphatic carbocycles. The Morgan fingerprint density at radius 3 is 2.29 bits per heavy atom. The number of halogens is 3. The first-order valence-corrected chi connectivity index (χ1v) is 7.19. The highest BCUT2D eigenvalue weighted by Crippen LogP contribution is 2.30. The molecule has 7 heteroatoms. The Morgan fingerprint density at radius 1 is 1.08 bits per heavy atom. The number of nitrogens with one attached hydrogen (secondary N) is 2. The van der Waals surface area contributed by atoms with Gasteiger partial charge in [0.15, 0.2) is 0 Å². The molecule has 0 radical (unpaired) electrons. The summed E-state index contributed by atoms with van der Waals surface area (Å²) >= 11 is 0. The molecule has 0 bridgehead atoms. The summed E-state index contributed by atoms with van der Waals surface area (Å²) in [5.41, 5.74) is 0.178. The average molecular weight is 338 g/mol. The molecular weight excluding hydrogens is 321 g/mol. The smallest absolute Gasteiger partial charge is 0.416 e. The van der Waals surface area contributed by atoms with Gasteiger partial charge in [0, 0.05) is 5.69 Å². The minimum atomic E-state index is -4.40. The zero-order chi connectivity index (χ0) is 17.7. The molecule has 4 nitrogen and oxygen atoms in total. The summed E-state index contributed by atoms with van der Waals surface area (Å²) in [6, 6.07) is 10.8. The first-order valence-electron chi connectivity index (χ1n) is 7.19. The first kappa shape index (κ1) is 17.7. The summed E-state index contributed by atoms with van der Waals surface area (Å²) in [5, 5.41) is 5.57. The Balaban J connectivity index is 2.01. The fourth-order valence-electron chi connectivity index (χ4n) is 2.06. The summed E-state index contributed by atoms with van der Waals surface area (Å²) < 4.78 is 42.7. The molecule has 2 aromatic carbocycles. The van der Waals surface area contributed by atoms with Crippen molar-refractivity contribution in [3.63, 3.8) is 0 Å². The van der Waals surface area contributed by atoms with Gasteiger partial charge in [-0.3, -0.25) is 4.79 Å². The zero-order valence-corrected chi connectivity index (χ0v) is 13.1. The third kappa shape index (κ3) is 4.41. The van der Waals surface area contributed by atoms with Crippen molar-refractivity contribution in [2.45, 2.75) is 19.1 Å². The number of rotatable bonds is 5. The predicted octanol–water partition coefficient (Wildman–Crippen LogP) is 4.15. The van der Waals surface area contributed by atoms with Crippen LogP contribution in [0, 0.1) is 0 Å². The van der Waals surface area contributed by atoms with Crippen molar-refractivity contribution >= 4 is 17.3 Å². The normalized spacial score (nSPS) is 12.4. The Morgan fingerprint density at radius 2 is 1.71 bits per heavy atom. The third-order valence-corrected chi connectivity index (χ3v) is 3.35. The third-order valence-electron chi connectivity index (χ3n) is 3.35. The van der Waals surface area contributed by atoms with Crippen LogP contribution in [0.4, 0.5) is 24.5 Å². The highest BCUT2D eigenvalue weighted by molar-refractivity contribution is 5.96. The molecule has 0 fully saturated rings. The number of carbonyl (C=O) groups is 1. The summed E-state index contributed by atoms with van der Waals surface area (Å²) in [6.45, 7) is 1.64. The quantitative estimate of drug-likeness (QED) is 0.861. The molecule has 2 aromatic rings. The number of amides is 1. The number of hydrogen-bond acceptors (Lipinski definition) is 3. The van der Waals surface area contributed by atoms with Crippen molar-refractivity contribution in [3.05, 3.63) is 54.1 Å². The maximum Gasteiger partial charge on any atom is 0.416 e. The zero-order valence-electron chi connectivity index (χ0n) is 13.1. The second kappa shape index (κ2) is 7.25. The molecule has 0 saturated carbocycles. The summed E-state index contributed by atoms with van der Waals surface area (Å²) in [7, 11) is 1.52. The van der Waals surface area contributed by atoms with Crippen LogP contribution in [0.2, 0.25) is 0 Å². The molecule has 0 spiro atoms. The van der Waals surface area contributed by atoms with E-state index in [0.29, 0.717) is 17.1 Å². The molecule has 0 saturated heterocycles. The molecule has 1 unspecified atom stereocenters. The molecule has 0 aliphatic heterocycles. The lowest BCUT2D eigenvalue weighted by atomic mass is 10.2. The topological polar surface area (TPSA) is 50.4 Å². The van der Waals surface area contributed by atoms with Crippen molar-refractivity contribution in [1.82, 2.24) is 0 Å². The van der Waals surface area contributed by atoms with Gasteiger partial charge in [0.1, 0.15) is 11.8 Å². The summed E-state index contributed by atoms with van der Waals surface area (Å²) in [6.07, 6.45) is -4.40. The van der Waals surface area contributed by atoms with Crippen molar-refractivity contribution in [3.8, 4) is 5.75 Å². The second-order valence-corrected chi connectivity index (χ2v) is 5.13. The van der Waals surface area contributed by atoms with E-state index in [4.69, 9.17) is 4.74 Å². The van der Waals surface area contributed by atoms with E-state index in [1.807, 2.05) is 0 Å². The number of carbonyl (C=O) groups excluding carboxylic acids is 1. The van der Waals surface area contributed by atoms with Gasteiger partial charge in [-0.25, -0.2) is 0 Å². The van der Waals surface area contributed by atoms with Crippen LogP contribution in [0.3, 0.4) is 0 Å². The fraction of sp³-hybridized carbons (Fsp3) is 0.235. The van der Waals surface area contributed by atoms with E-state index in [1.54, 1.807) is 31.2 Å². The molecule has 0 aliphatic rings. The second-order valence-electron chi connectivity index (χ2n) is 5.13. The van der Waals surface area contributed by atoms with Crippen molar-refractivity contribution in [2.75, 3.05) is 17.7 Å². The van der Waals surface area contributed by atoms with Gasteiger partial charge in [-0.05, 0) is 43.3 Å². The number of alkyl halides is 3. The van der Waals surface area contributed by atoms with E-state index in [0.717, 1.165) is 12.1 Å². The van der Waals surface area contributed by atoms with Crippen LogP contribution in [0.15, 0.2) is 48.5 Å². The minimum absolute atomic E-state index is 0.293. The van der Waals surface area contributed by atoms with E-state index in [-0.39, 0.29) is 5.91 Å². The Labute approximate surface area is 137 Å². The molecule has 2 rings (SSSR count). The van der Waals surface area contributed by atoms with Gasteiger partial charge in [-0.1, -0.05) is 12.1 Å². The van der Waals surface area contributed by atoms with Crippen LogP contribution in [0.1, 0.15) is 12.5 Å². The van der Waals surface area contributed by atoms with Gasteiger partial charge in [-0.2, -0.15) is 13.2 Å². The van der Waals surface area contributed by atoms with Gasteiger partial charge >= 0.3 is 6.18 Å². The van der Waals surface area contributed by atoms with E-state index in [1.165, 1.54) is 19.2 Å². The Kier molecular flexibility index (Phi) is 5.33. The number of anilines is 2. The summed E-state index contributed by atoms with van der Waals surface area (Å²) in [5.74, 6) is 0.215. The molecule has 1 atom stereocenters. The highest BCUT2D eigenvalue weighted by Gasteiger charge is 2.30. The lowest BCUT2D eigenvalue weighted by molar-refractivity contribution is -0.137. The number of hydrogen-bond donors (Lipinski definition) is 2. The van der Waals surface area contributed by atoms with Crippen LogP contribution in [0.5, 0.6) is 5.75 Å². The van der Waals surface area contributed by atoms with Crippen LogP contribution in [-0.2, 0) is 11.0 Å². The van der Waals surface area contributed by atoms with Gasteiger partial charge < -0.3 is 15.4 Å². The molecule has 1 amide bonds. The highest BCUT2D eigenvalue weighted by atomic mass is 19.4. The number of ether oxygens (including phenoxy) is 1. The van der Waals surface area contributed by atoms with E-state index in [9.17, 15) is 18.0 Å². The van der Waals surface area contributed by atoms with Crippen LogP contribution < -0.4 is 15.4 Å². The average Bonchev–Trinajstić information content (AvgIpc) is 2.55. The minimum Gasteiger partial charge on any atom is -0.495 e. The Bertz CT molecular complexity index is 700. The molecule has 24 heavy (non-hydrogen) atoms. The van der Waals surface area contributed by atoms with Crippen LogP contribution in [0.25, 0.3) is 0 Å². The fourth-order valence-corrected chi connectivity index (χ4v) is 2.06. The van der Waals surface area contributed by atoms with Crippen molar-refractivity contribution < 1.29 is 22.7 Å². The maximum absolute atomic E-state index is 12.5. The van der Waals surface area contributed by atoms with Gasteiger partial charge in [0.05, 0.1) is 18.4 Å². The van der Waals surface area contributed by atoms with Crippen molar-refractivity contribution in [1.29, 1.82) is 0 Å². The first-order chi connectivity index (χ1) is 11.3. The number of methoxy groups -OCH3 is 1. The largest absolute Gasteiger partial charge is 0.495 e. The molecule has 0 heterocycles. The van der Waals surface area contributed by atoms with Crippen molar-refractivity contribution in [2.24, 2.45) is 0 Å². The number of benzene rings is 2. The summed E-state index contributed by atoms with van der Waals surface area (Å²) in [4.78, 5) is 12.2. The predicted molar refractivity (Wildman–Crippen MR) is 86.2 cm³/mol. The van der Waals surface area contributed by atoms with E-state index >= 15 is 0 Å². The van der Waals surface area contributed by atoms with Gasteiger partial charge in [0.25, 0.3) is 0 Å². The van der Waals surface area contributed by atoms with E-state index < -0.39 is 17.8 Å². The van der Waals surface area contributed by atoms with Gasteiger partial charge in [0.2, 0.25) is 5.91 Å².